The van der Waals surface area contributed by atoms with Crippen LogP contribution in [-0.4, -0.2) is 64.8 Å². The van der Waals surface area contributed by atoms with Gasteiger partial charge in [-0.15, -0.1) is 0 Å². The van der Waals surface area contributed by atoms with Gasteiger partial charge in [0.1, 0.15) is 11.7 Å². The maximum Gasteiger partial charge on any atom is 0.338 e. The number of benzene rings is 1. The molecule has 0 spiro atoms. The fourth-order valence-corrected chi connectivity index (χ4v) is 6.06. The number of ether oxygens (including phenoxy) is 4. The number of carbonyl (C=O) groups excluding carboxylic acids is 5. The Hall–Kier alpha value is -3.79. The van der Waals surface area contributed by atoms with Crippen molar-refractivity contribution in [2.24, 2.45) is 23.2 Å². The van der Waals surface area contributed by atoms with E-state index in [2.05, 4.69) is 0 Å². The van der Waals surface area contributed by atoms with Gasteiger partial charge in [-0.25, -0.2) is 4.79 Å². The Morgan fingerprint density at radius 1 is 0.860 bits per heavy atom. The molecule has 0 unspecified atom stereocenters. The van der Waals surface area contributed by atoms with Crippen molar-refractivity contribution < 1.29 is 48.0 Å². The summed E-state index contributed by atoms with van der Waals surface area (Å²) in [6.45, 7) is 12.1. The van der Waals surface area contributed by atoms with Gasteiger partial charge in [-0.1, -0.05) is 64.1 Å². The molecular formula is C33H42O10. The molecule has 0 aliphatic heterocycles. The third-order valence-electron chi connectivity index (χ3n) is 8.12. The molecule has 2 aliphatic carbocycles. The van der Waals surface area contributed by atoms with Crippen LogP contribution in [-0.2, 0) is 38.1 Å². The number of Topliss-reactive ketones (excluding diaryl/α,β-unsaturated/α-hetero) is 1. The molecule has 0 amide bonds. The molecule has 0 radical (unpaired) electrons. The number of ketones is 1. The minimum absolute atomic E-state index is 0.0102. The predicted molar refractivity (Wildman–Crippen MR) is 155 cm³/mol. The number of rotatable bonds is 5. The first-order valence-electron chi connectivity index (χ1n) is 14.4. The Kier molecular flexibility index (Phi) is 10.4. The standard InChI is InChI=1S/C33H42O10/c1-18-14-15-32(7,8)30(42-23(6)36)28(41-22(5)35)27(40-21(4)34)19(2)16-25-26(20(3)17-33(25,39)29(18)37)43-31(38)24-12-10-9-11-13-24/h9-16,18,20,25-28,30,39H,17H2,1-8H3/b15-14+,19-16?/t18-,20+,25-,26-,27+,28-,30+,33+/m0/s1. The van der Waals surface area contributed by atoms with Crippen molar-refractivity contribution in [1.29, 1.82) is 0 Å². The van der Waals surface area contributed by atoms with Crippen molar-refractivity contribution in [3.05, 3.63) is 59.7 Å². The van der Waals surface area contributed by atoms with E-state index in [0.29, 0.717) is 11.1 Å². The van der Waals surface area contributed by atoms with Gasteiger partial charge >= 0.3 is 23.9 Å². The monoisotopic (exact) mass is 598 g/mol. The van der Waals surface area contributed by atoms with Gasteiger partial charge in [-0.05, 0) is 37.0 Å². The van der Waals surface area contributed by atoms with Crippen molar-refractivity contribution in [3.63, 3.8) is 0 Å². The molecule has 234 valence electrons. The summed E-state index contributed by atoms with van der Waals surface area (Å²) in [5, 5.41) is 12.1. The predicted octanol–water partition coefficient (Wildman–Crippen LogP) is 4.14. The highest BCUT2D eigenvalue weighted by atomic mass is 16.6. The first kappa shape index (κ1) is 33.7. The number of fused-ring (bicyclic) bond motifs is 1. The van der Waals surface area contributed by atoms with Gasteiger partial charge in [-0.2, -0.15) is 0 Å². The number of hydrogen-bond acceptors (Lipinski definition) is 10. The maximum absolute atomic E-state index is 13.9. The minimum Gasteiger partial charge on any atom is -0.458 e. The summed E-state index contributed by atoms with van der Waals surface area (Å²) in [6.07, 6.45) is 0.162. The van der Waals surface area contributed by atoms with Crippen molar-refractivity contribution in [1.82, 2.24) is 0 Å². The molecule has 1 fully saturated rings. The fraction of sp³-hybridized carbons (Fsp3) is 0.545. The van der Waals surface area contributed by atoms with Gasteiger partial charge in [0, 0.05) is 32.1 Å². The molecular weight excluding hydrogens is 556 g/mol. The Balaban J connectivity index is 2.26. The summed E-state index contributed by atoms with van der Waals surface area (Å²) >= 11 is 0. The van der Waals surface area contributed by atoms with E-state index in [-0.39, 0.29) is 6.42 Å². The Bertz CT molecular complexity index is 1300. The van der Waals surface area contributed by atoms with Gasteiger partial charge in [0.15, 0.2) is 24.1 Å². The largest absolute Gasteiger partial charge is 0.458 e. The van der Waals surface area contributed by atoms with Crippen molar-refractivity contribution >= 4 is 29.7 Å². The van der Waals surface area contributed by atoms with Gasteiger partial charge in [-0.3, -0.25) is 19.2 Å². The zero-order chi connectivity index (χ0) is 32.3. The van der Waals surface area contributed by atoms with Crippen molar-refractivity contribution in [3.8, 4) is 0 Å². The number of carbonyl (C=O) groups is 5. The molecule has 8 atom stereocenters. The van der Waals surface area contributed by atoms with E-state index >= 15 is 0 Å². The van der Waals surface area contributed by atoms with Crippen molar-refractivity contribution in [2.45, 2.75) is 91.8 Å². The molecule has 1 saturated carbocycles. The lowest BCUT2D eigenvalue weighted by atomic mass is 9.75. The zero-order valence-electron chi connectivity index (χ0n) is 26.0. The van der Waals surface area contributed by atoms with Gasteiger partial charge in [0.25, 0.3) is 0 Å². The fourth-order valence-electron chi connectivity index (χ4n) is 6.06. The third kappa shape index (κ3) is 7.60. The van der Waals surface area contributed by atoms with E-state index in [0.717, 1.165) is 0 Å². The molecule has 10 heteroatoms. The topological polar surface area (TPSA) is 143 Å². The van der Waals surface area contributed by atoms with Crippen LogP contribution < -0.4 is 0 Å². The summed E-state index contributed by atoms with van der Waals surface area (Å²) in [6, 6.07) is 8.36. The van der Waals surface area contributed by atoms with Crippen LogP contribution in [0.5, 0.6) is 0 Å². The first-order chi connectivity index (χ1) is 20.0. The SMILES string of the molecule is CC(=O)O[C@H]1[C@H](OC(C)=O)C(C)=C[C@H]2[C@@H](OC(=O)c3ccccc3)[C@H](C)C[C@]2(O)C(=O)[C@@H](C)/C=C/C(C)(C)[C@@H]1OC(C)=O. The van der Waals surface area contributed by atoms with E-state index in [4.69, 9.17) is 18.9 Å². The van der Waals surface area contributed by atoms with Gasteiger partial charge < -0.3 is 24.1 Å². The van der Waals surface area contributed by atoms with Crippen LogP contribution in [0.15, 0.2) is 54.1 Å². The smallest absolute Gasteiger partial charge is 0.338 e. The van der Waals surface area contributed by atoms with Crippen LogP contribution >= 0.6 is 0 Å². The number of hydrogen-bond donors (Lipinski definition) is 1. The van der Waals surface area contributed by atoms with E-state index < -0.39 is 82.8 Å². The molecule has 10 nitrogen and oxygen atoms in total. The first-order valence-corrected chi connectivity index (χ1v) is 14.4. The molecule has 0 aromatic heterocycles. The quantitative estimate of drug-likeness (QED) is 0.298. The van der Waals surface area contributed by atoms with Crippen LogP contribution in [0.2, 0.25) is 0 Å². The number of aliphatic hydroxyl groups is 1. The van der Waals surface area contributed by atoms with Gasteiger partial charge in [0.2, 0.25) is 0 Å². The van der Waals surface area contributed by atoms with E-state index in [1.807, 2.05) is 0 Å². The number of allylic oxidation sites excluding steroid dienone is 1. The average Bonchev–Trinajstić information content (AvgIpc) is 3.16. The second-order valence-electron chi connectivity index (χ2n) is 12.2. The molecule has 0 heterocycles. The lowest BCUT2D eigenvalue weighted by Crippen LogP contribution is -2.52. The summed E-state index contributed by atoms with van der Waals surface area (Å²) in [5.74, 6) is -5.44. The van der Waals surface area contributed by atoms with Crippen LogP contribution in [0, 0.1) is 23.2 Å². The van der Waals surface area contributed by atoms with Crippen LogP contribution in [0.4, 0.5) is 0 Å². The molecule has 0 saturated heterocycles. The van der Waals surface area contributed by atoms with E-state index in [1.54, 1.807) is 83.2 Å². The average molecular weight is 599 g/mol. The summed E-state index contributed by atoms with van der Waals surface area (Å²) in [4.78, 5) is 64.1. The molecule has 43 heavy (non-hydrogen) atoms. The van der Waals surface area contributed by atoms with Crippen LogP contribution in [0.1, 0.15) is 72.2 Å². The maximum atomic E-state index is 13.9. The second kappa shape index (κ2) is 13.2. The molecule has 1 aromatic rings. The number of esters is 4. The molecule has 2 aliphatic rings. The summed E-state index contributed by atoms with van der Waals surface area (Å²) in [7, 11) is 0. The van der Waals surface area contributed by atoms with E-state index in [9.17, 15) is 29.1 Å². The van der Waals surface area contributed by atoms with Crippen LogP contribution in [0.25, 0.3) is 0 Å². The normalized spacial score (nSPS) is 33.0. The zero-order valence-corrected chi connectivity index (χ0v) is 26.0. The molecule has 3 rings (SSSR count). The highest BCUT2D eigenvalue weighted by Crippen LogP contribution is 2.46. The third-order valence-corrected chi connectivity index (χ3v) is 8.12. The Labute approximate surface area is 252 Å². The summed E-state index contributed by atoms with van der Waals surface area (Å²) < 4.78 is 23.0. The summed E-state index contributed by atoms with van der Waals surface area (Å²) in [5.41, 5.74) is -2.36. The Morgan fingerprint density at radius 2 is 1.44 bits per heavy atom. The minimum atomic E-state index is -1.94. The molecule has 1 aromatic carbocycles. The highest BCUT2D eigenvalue weighted by Gasteiger charge is 2.57. The molecule has 1 N–H and O–H groups in total. The lowest BCUT2D eigenvalue weighted by molar-refractivity contribution is -0.187. The highest BCUT2D eigenvalue weighted by molar-refractivity contribution is 5.92. The molecule has 0 bridgehead atoms. The van der Waals surface area contributed by atoms with Crippen LogP contribution in [0.3, 0.4) is 0 Å². The second-order valence-corrected chi connectivity index (χ2v) is 12.2. The van der Waals surface area contributed by atoms with Crippen molar-refractivity contribution in [2.75, 3.05) is 0 Å². The van der Waals surface area contributed by atoms with E-state index in [1.165, 1.54) is 20.8 Å². The Morgan fingerprint density at radius 3 is 2.00 bits per heavy atom. The lowest BCUT2D eigenvalue weighted by Gasteiger charge is -2.40. The van der Waals surface area contributed by atoms with Gasteiger partial charge in [0.05, 0.1) is 11.5 Å².